The van der Waals surface area contributed by atoms with Gasteiger partial charge in [-0.05, 0) is 97.0 Å². The molecule has 0 aliphatic carbocycles. The Morgan fingerprint density at radius 3 is 1.61 bits per heavy atom. The summed E-state index contributed by atoms with van der Waals surface area (Å²) in [6.07, 6.45) is 14.9. The maximum Gasteiger partial charge on any atom is 0.326 e. The molecule has 5 amide bonds. The van der Waals surface area contributed by atoms with E-state index in [1.165, 1.54) is 94.8 Å². The van der Waals surface area contributed by atoms with Gasteiger partial charge in [-0.2, -0.15) is 0 Å². The van der Waals surface area contributed by atoms with Crippen molar-refractivity contribution in [3.05, 3.63) is 136 Å². The predicted octanol–water partition coefficient (Wildman–Crippen LogP) is 8.01. The molecule has 494 valence electrons. The topological polar surface area (TPSA) is 299 Å². The van der Waals surface area contributed by atoms with Crippen molar-refractivity contribution >= 4 is 35.5 Å². The summed E-state index contributed by atoms with van der Waals surface area (Å²) >= 11 is 0. The molecule has 1 fully saturated rings. The van der Waals surface area contributed by atoms with Crippen molar-refractivity contribution in [2.24, 2.45) is 5.73 Å². The van der Waals surface area contributed by atoms with E-state index < -0.39 is 96.4 Å². The third-order valence-electron chi connectivity index (χ3n) is 17.5. The lowest BCUT2D eigenvalue weighted by molar-refractivity contribution is -0.290. The Labute approximate surface area is 532 Å². The summed E-state index contributed by atoms with van der Waals surface area (Å²) in [5.74, 6) is -4.63. The van der Waals surface area contributed by atoms with Crippen molar-refractivity contribution in [1.82, 2.24) is 26.2 Å². The van der Waals surface area contributed by atoms with E-state index in [2.05, 4.69) is 28.2 Å². The van der Waals surface area contributed by atoms with Gasteiger partial charge in [-0.3, -0.25) is 24.0 Å². The molecule has 0 unspecified atom stereocenters. The number of rotatable bonds is 40. The van der Waals surface area contributed by atoms with Crippen LogP contribution in [0.5, 0.6) is 5.75 Å². The molecule has 19 heteroatoms. The van der Waals surface area contributed by atoms with E-state index in [9.17, 15) is 54.3 Å². The third-order valence-corrected chi connectivity index (χ3v) is 17.5. The lowest BCUT2D eigenvalue weighted by Crippen LogP contribution is -2.62. The third kappa shape index (κ3) is 23.5. The zero-order chi connectivity index (χ0) is 64.8. The molecule has 19 nitrogen and oxygen atoms in total. The van der Waals surface area contributed by atoms with Gasteiger partial charge in [0.1, 0.15) is 48.2 Å². The highest BCUT2D eigenvalue weighted by Crippen LogP contribution is 2.28. The second kappa shape index (κ2) is 38.8. The number of benzene rings is 4. The van der Waals surface area contributed by atoms with E-state index in [0.29, 0.717) is 17.5 Å². The second-order valence-corrected chi connectivity index (χ2v) is 24.8. The number of carbonyl (C=O) groups excluding carboxylic acids is 5. The molecule has 1 saturated heterocycles. The summed E-state index contributed by atoms with van der Waals surface area (Å²) in [4.78, 5) is 85.8. The number of aromatic hydroxyl groups is 1. The van der Waals surface area contributed by atoms with Crippen LogP contribution in [-0.4, -0.2) is 140 Å². The Balaban J connectivity index is 0.989. The van der Waals surface area contributed by atoms with Crippen LogP contribution in [-0.2, 0) is 70.5 Å². The molecule has 0 radical (unpaired) electrons. The molecule has 0 aromatic heterocycles. The summed E-state index contributed by atoms with van der Waals surface area (Å²) in [5.41, 5.74) is 12.0. The molecule has 10 atom stereocenters. The molecule has 2 aliphatic heterocycles. The number of nitrogens with two attached hydrogens (primary N) is 1. The van der Waals surface area contributed by atoms with Gasteiger partial charge in [0.05, 0.1) is 6.04 Å². The number of amides is 5. The van der Waals surface area contributed by atoms with Crippen molar-refractivity contribution < 1.29 is 63.8 Å². The van der Waals surface area contributed by atoms with E-state index in [-0.39, 0.29) is 70.4 Å². The second-order valence-electron chi connectivity index (χ2n) is 24.8. The normalized spacial score (nSPS) is 19.4. The number of carboxylic acid groups (broad SMARTS) is 1. The number of hydrogen-bond donors (Lipinski definition) is 10. The molecule has 11 N–H and O–H groups in total. The molecule has 6 rings (SSSR count). The lowest BCUT2D eigenvalue weighted by Gasteiger charge is -2.39. The van der Waals surface area contributed by atoms with Gasteiger partial charge in [0.15, 0.2) is 12.4 Å². The molecular formula is C71H102N6O13. The standard InChI is InChI=1S/C71H102N6O13/c1-4-5-6-7-8-9-10-11-12-13-14-15-16-17-18-19-20-31-40-89-71-63(81)61(79)62(80)64(90-71)68(85)73-39-30-29-38-57(70(87)88)74-65(82)58(43-50-32-23-21-24-33-50)75-66(83)59(44-51-34-25-22-26-35-51)76-67(84)60-45-52-36-27-28-37-53(52)47-77(60)69(86)56(72)46-55-48(2)41-54(78)42-49(55)3/h21-28,32-37,41-42,56-64,71,78-81H,4-20,29-31,38-40,43-47,72H2,1-3H3,(H,73,85)(H,74,82)(H,75,83)(H,76,84)(H,87,88)/t56-,57-,58-,59-,60-,61-,62-,63+,64-,71+/m0/s1. The molecule has 0 spiro atoms. The van der Waals surface area contributed by atoms with E-state index >= 15 is 0 Å². The number of nitrogens with one attached hydrogen (secondary N) is 4. The SMILES string of the molecule is CCCCCCCCCCCCCCCCCCCCO[C@@H]1O[C@H](C(=O)NCCCC[C@H](NC(=O)[C@H](Cc2ccccc2)NC(=O)[C@H](Cc2ccccc2)NC(=O)[C@@H]2Cc3ccccc3CN2C(=O)[C@@H](N)Cc2c(C)cc(O)cc2C)C(=O)O)[C@@H](O)[C@H](O)[C@H]1O. The van der Waals surface area contributed by atoms with Crippen LogP contribution in [0, 0.1) is 13.8 Å². The minimum atomic E-state index is -1.75. The average Bonchev–Trinajstić information content (AvgIpc) is 0.879. The average molecular weight is 1250 g/mol. The molecule has 90 heavy (non-hydrogen) atoms. The van der Waals surface area contributed by atoms with Crippen LogP contribution < -0.4 is 27.0 Å². The van der Waals surface area contributed by atoms with Crippen molar-refractivity contribution in [3.8, 4) is 5.75 Å². The number of aliphatic hydroxyl groups excluding tert-OH is 3. The first-order chi connectivity index (χ1) is 43.4. The highest BCUT2D eigenvalue weighted by atomic mass is 16.7. The Morgan fingerprint density at radius 2 is 1.08 bits per heavy atom. The Kier molecular flexibility index (Phi) is 31.2. The fourth-order valence-electron chi connectivity index (χ4n) is 12.2. The fraction of sp³-hybridized carbons (Fsp3) is 0.577. The van der Waals surface area contributed by atoms with Crippen LogP contribution in [0.25, 0.3) is 0 Å². The quantitative estimate of drug-likeness (QED) is 0.0189. The van der Waals surface area contributed by atoms with Gasteiger partial charge in [0, 0.05) is 39.0 Å². The van der Waals surface area contributed by atoms with Gasteiger partial charge in [0.2, 0.25) is 23.6 Å². The summed E-state index contributed by atoms with van der Waals surface area (Å²) in [6, 6.07) is 22.3. The number of carbonyl (C=O) groups is 6. The number of nitrogens with zero attached hydrogens (tertiary/aromatic N) is 1. The van der Waals surface area contributed by atoms with Gasteiger partial charge >= 0.3 is 5.97 Å². The molecule has 4 aromatic rings. The van der Waals surface area contributed by atoms with Crippen molar-refractivity contribution in [1.29, 1.82) is 0 Å². The Hall–Kier alpha value is -6.74. The maximum atomic E-state index is 14.8. The summed E-state index contributed by atoms with van der Waals surface area (Å²) in [7, 11) is 0. The predicted molar refractivity (Wildman–Crippen MR) is 346 cm³/mol. The van der Waals surface area contributed by atoms with Crippen LogP contribution in [0.3, 0.4) is 0 Å². The number of fused-ring (bicyclic) bond motifs is 1. The Bertz CT molecular complexity index is 2820. The first-order valence-corrected chi connectivity index (χ1v) is 33.2. The highest BCUT2D eigenvalue weighted by molar-refractivity contribution is 5.96. The molecule has 4 aromatic carbocycles. The largest absolute Gasteiger partial charge is 0.508 e. The monoisotopic (exact) mass is 1250 g/mol. The highest BCUT2D eigenvalue weighted by Gasteiger charge is 2.47. The van der Waals surface area contributed by atoms with Crippen LogP contribution >= 0.6 is 0 Å². The summed E-state index contributed by atoms with van der Waals surface area (Å²) in [6.45, 7) is 6.23. The molecule has 2 heterocycles. The van der Waals surface area contributed by atoms with E-state index in [1.807, 2.05) is 44.2 Å². The number of aliphatic carboxylic acids is 1. The van der Waals surface area contributed by atoms with Crippen LogP contribution in [0.2, 0.25) is 0 Å². The molecule has 0 saturated carbocycles. The molecule has 2 aliphatic rings. The number of carboxylic acids is 1. The van der Waals surface area contributed by atoms with Crippen molar-refractivity contribution in [2.75, 3.05) is 13.2 Å². The van der Waals surface area contributed by atoms with Gasteiger partial charge in [0.25, 0.3) is 5.91 Å². The number of aliphatic hydroxyl groups is 3. The molecular weight excluding hydrogens is 1140 g/mol. The zero-order valence-corrected chi connectivity index (χ0v) is 53.3. The van der Waals surface area contributed by atoms with Gasteiger partial charge in [-0.1, -0.05) is 201 Å². The van der Waals surface area contributed by atoms with E-state index in [1.54, 1.807) is 66.7 Å². The van der Waals surface area contributed by atoms with Crippen LogP contribution in [0.4, 0.5) is 0 Å². The Morgan fingerprint density at radius 1 is 0.589 bits per heavy atom. The van der Waals surface area contributed by atoms with Crippen molar-refractivity contribution in [2.45, 2.75) is 249 Å². The minimum Gasteiger partial charge on any atom is -0.508 e. The van der Waals surface area contributed by atoms with Crippen LogP contribution in [0.1, 0.15) is 181 Å². The summed E-state index contributed by atoms with van der Waals surface area (Å²) < 4.78 is 11.5. The first-order valence-electron chi connectivity index (χ1n) is 33.2. The number of phenols is 1. The minimum absolute atomic E-state index is 0.00900. The first kappa shape index (κ1) is 72.3. The van der Waals surface area contributed by atoms with E-state index in [0.717, 1.165) is 47.1 Å². The lowest BCUT2D eigenvalue weighted by atomic mass is 9.91. The number of hydrogen-bond acceptors (Lipinski definition) is 13. The number of ether oxygens (including phenoxy) is 2. The smallest absolute Gasteiger partial charge is 0.326 e. The van der Waals surface area contributed by atoms with Gasteiger partial charge in [-0.15, -0.1) is 0 Å². The number of unbranched alkanes of at least 4 members (excludes halogenated alkanes) is 18. The van der Waals surface area contributed by atoms with Gasteiger partial charge in [-0.25, -0.2) is 4.79 Å². The zero-order valence-electron chi connectivity index (χ0n) is 53.3. The summed E-state index contributed by atoms with van der Waals surface area (Å²) in [5, 5.41) is 63.6. The maximum absolute atomic E-state index is 14.8. The van der Waals surface area contributed by atoms with Crippen molar-refractivity contribution in [3.63, 3.8) is 0 Å². The fourth-order valence-corrected chi connectivity index (χ4v) is 12.2. The number of phenolic OH excluding ortho intramolecular Hbond substituents is 1. The van der Waals surface area contributed by atoms with E-state index in [4.69, 9.17) is 15.2 Å². The van der Waals surface area contributed by atoms with Crippen LogP contribution in [0.15, 0.2) is 97.1 Å². The molecule has 0 bridgehead atoms. The number of aryl methyl sites for hydroxylation is 2. The van der Waals surface area contributed by atoms with Gasteiger partial charge < -0.3 is 66.9 Å².